The van der Waals surface area contributed by atoms with Gasteiger partial charge in [-0.25, -0.2) is 0 Å². The predicted octanol–water partition coefficient (Wildman–Crippen LogP) is 5.58. The molecule has 0 aliphatic carbocycles. The number of aryl methyl sites for hydroxylation is 1. The Balaban J connectivity index is 0.000000194. The molecule has 1 unspecified atom stereocenters. The molecule has 3 atom stereocenters. The first-order valence-corrected chi connectivity index (χ1v) is 9.05. The Labute approximate surface area is 131 Å². The highest BCUT2D eigenvalue weighted by molar-refractivity contribution is 5.11. The lowest BCUT2D eigenvalue weighted by atomic mass is 9.97. The van der Waals surface area contributed by atoms with Crippen LogP contribution in [0.1, 0.15) is 70.8 Å². The van der Waals surface area contributed by atoms with Crippen molar-refractivity contribution in [1.29, 1.82) is 0 Å². The van der Waals surface area contributed by atoms with E-state index in [2.05, 4.69) is 37.8 Å². The molecule has 0 aromatic heterocycles. The van der Waals surface area contributed by atoms with Gasteiger partial charge in [-0.15, -0.1) is 0 Å². The molecule has 0 amide bonds. The van der Waals surface area contributed by atoms with E-state index in [9.17, 15) is 0 Å². The Bertz CT molecular complexity index is 370. The summed E-state index contributed by atoms with van der Waals surface area (Å²) in [6.07, 6.45) is 11.6. The van der Waals surface area contributed by atoms with E-state index >= 15 is 0 Å². The van der Waals surface area contributed by atoms with E-state index < -0.39 is 0 Å². The van der Waals surface area contributed by atoms with Gasteiger partial charge in [-0.05, 0) is 45.4 Å². The van der Waals surface area contributed by atoms with Gasteiger partial charge in [0, 0.05) is 18.1 Å². The van der Waals surface area contributed by atoms with Crippen LogP contribution in [0.5, 0.6) is 0 Å². The monoisotopic (exact) mass is 287 g/mol. The van der Waals surface area contributed by atoms with Gasteiger partial charge < -0.3 is 0 Å². The number of benzene rings is 1. The predicted molar refractivity (Wildman–Crippen MR) is 92.7 cm³/mol. The summed E-state index contributed by atoms with van der Waals surface area (Å²) < 4.78 is 0. The van der Waals surface area contributed by atoms with Crippen LogP contribution in [0.25, 0.3) is 0 Å². The molecule has 21 heavy (non-hydrogen) atoms. The SMILES string of the molecule is CCCC(CC)N1[C@@H]2CCC[C@H]1CC2.Cc1ccccc1. The van der Waals surface area contributed by atoms with Gasteiger partial charge in [0.05, 0.1) is 0 Å². The smallest absolute Gasteiger partial charge is 0.0102 e. The van der Waals surface area contributed by atoms with Crippen molar-refractivity contribution in [3.8, 4) is 0 Å². The molecule has 1 heteroatoms. The maximum Gasteiger partial charge on any atom is 0.0102 e. The Morgan fingerprint density at radius 2 is 1.62 bits per heavy atom. The van der Waals surface area contributed by atoms with E-state index in [-0.39, 0.29) is 0 Å². The summed E-state index contributed by atoms with van der Waals surface area (Å²) in [5.74, 6) is 0. The highest BCUT2D eigenvalue weighted by Crippen LogP contribution is 2.38. The average Bonchev–Trinajstić information content (AvgIpc) is 2.75. The third-order valence-corrected chi connectivity index (χ3v) is 5.21. The molecule has 0 N–H and O–H groups in total. The van der Waals surface area contributed by atoms with Crippen molar-refractivity contribution >= 4 is 0 Å². The molecule has 0 spiro atoms. The Morgan fingerprint density at radius 1 is 1.00 bits per heavy atom. The largest absolute Gasteiger partial charge is 0.295 e. The Morgan fingerprint density at radius 3 is 2.05 bits per heavy atom. The van der Waals surface area contributed by atoms with E-state index in [1.54, 1.807) is 0 Å². The third kappa shape index (κ3) is 4.57. The van der Waals surface area contributed by atoms with Crippen molar-refractivity contribution in [2.45, 2.75) is 90.3 Å². The highest BCUT2D eigenvalue weighted by atomic mass is 15.2. The molecule has 118 valence electrons. The number of hydrogen-bond acceptors (Lipinski definition) is 1. The van der Waals surface area contributed by atoms with Crippen LogP contribution in [0.4, 0.5) is 0 Å². The van der Waals surface area contributed by atoms with Crippen molar-refractivity contribution in [2.75, 3.05) is 0 Å². The van der Waals surface area contributed by atoms with E-state index in [0.29, 0.717) is 0 Å². The highest BCUT2D eigenvalue weighted by Gasteiger charge is 2.39. The van der Waals surface area contributed by atoms with Gasteiger partial charge in [0.15, 0.2) is 0 Å². The second kappa shape index (κ2) is 8.58. The van der Waals surface area contributed by atoms with E-state index in [1.807, 2.05) is 18.2 Å². The van der Waals surface area contributed by atoms with Crippen molar-refractivity contribution in [3.63, 3.8) is 0 Å². The standard InChI is InChI=1S/C13H25N.C7H8/c1-3-6-11(4-2)14-12-7-5-8-13(14)10-9-12;1-7-5-3-2-4-6-7/h11-13H,3-10H2,1-2H3;2-6H,1H3/t11?,12-,13+;. The molecule has 2 aliphatic heterocycles. The van der Waals surface area contributed by atoms with Crippen LogP contribution in [-0.4, -0.2) is 23.0 Å². The number of hydrogen-bond donors (Lipinski definition) is 0. The van der Waals surface area contributed by atoms with Crippen molar-refractivity contribution in [3.05, 3.63) is 35.9 Å². The first-order chi connectivity index (χ1) is 10.3. The topological polar surface area (TPSA) is 3.24 Å². The molecule has 2 fully saturated rings. The number of rotatable bonds is 4. The molecule has 0 saturated carbocycles. The van der Waals surface area contributed by atoms with Crippen LogP contribution in [0.2, 0.25) is 0 Å². The van der Waals surface area contributed by atoms with Gasteiger partial charge in [0.1, 0.15) is 0 Å². The third-order valence-electron chi connectivity index (χ3n) is 5.21. The quantitative estimate of drug-likeness (QED) is 0.699. The second-order valence-electron chi connectivity index (χ2n) is 6.77. The van der Waals surface area contributed by atoms with Crippen LogP contribution in [0, 0.1) is 6.92 Å². The zero-order valence-corrected chi connectivity index (χ0v) is 14.2. The Kier molecular flexibility index (Phi) is 6.76. The molecule has 0 radical (unpaired) electrons. The molecule has 2 aliphatic rings. The van der Waals surface area contributed by atoms with E-state index in [4.69, 9.17) is 0 Å². The van der Waals surface area contributed by atoms with Gasteiger partial charge >= 0.3 is 0 Å². The molecule has 2 saturated heterocycles. The van der Waals surface area contributed by atoms with Gasteiger partial charge in [-0.1, -0.05) is 62.6 Å². The second-order valence-corrected chi connectivity index (χ2v) is 6.77. The lowest BCUT2D eigenvalue weighted by Crippen LogP contribution is -2.46. The molecule has 1 aromatic carbocycles. The first-order valence-electron chi connectivity index (χ1n) is 9.05. The van der Waals surface area contributed by atoms with Gasteiger partial charge in [-0.2, -0.15) is 0 Å². The minimum absolute atomic E-state index is 0.901. The molecule has 2 bridgehead atoms. The normalized spacial score (nSPS) is 26.0. The summed E-state index contributed by atoms with van der Waals surface area (Å²) in [5.41, 5.74) is 1.32. The molecule has 2 heterocycles. The molecule has 1 aromatic rings. The summed E-state index contributed by atoms with van der Waals surface area (Å²) in [6.45, 7) is 6.78. The number of fused-ring (bicyclic) bond motifs is 2. The van der Waals surface area contributed by atoms with Crippen LogP contribution in [0.15, 0.2) is 30.3 Å². The summed E-state index contributed by atoms with van der Waals surface area (Å²) in [6, 6.07) is 13.1. The van der Waals surface area contributed by atoms with Gasteiger partial charge in [0.2, 0.25) is 0 Å². The number of piperidine rings is 1. The maximum atomic E-state index is 2.90. The molecule has 1 nitrogen and oxygen atoms in total. The zero-order valence-electron chi connectivity index (χ0n) is 14.2. The lowest BCUT2D eigenvalue weighted by Gasteiger charge is -2.40. The summed E-state index contributed by atoms with van der Waals surface area (Å²) in [4.78, 5) is 2.90. The Hall–Kier alpha value is -0.820. The fourth-order valence-electron chi connectivity index (χ4n) is 4.18. The fourth-order valence-corrected chi connectivity index (χ4v) is 4.18. The van der Waals surface area contributed by atoms with E-state index in [0.717, 1.165) is 18.1 Å². The first kappa shape index (κ1) is 16.5. The van der Waals surface area contributed by atoms with Crippen LogP contribution < -0.4 is 0 Å². The minimum Gasteiger partial charge on any atom is -0.295 e. The van der Waals surface area contributed by atoms with Crippen molar-refractivity contribution in [1.82, 2.24) is 4.90 Å². The maximum absolute atomic E-state index is 2.90. The van der Waals surface area contributed by atoms with Crippen molar-refractivity contribution < 1.29 is 0 Å². The van der Waals surface area contributed by atoms with Crippen LogP contribution in [-0.2, 0) is 0 Å². The summed E-state index contributed by atoms with van der Waals surface area (Å²) >= 11 is 0. The van der Waals surface area contributed by atoms with Gasteiger partial charge in [-0.3, -0.25) is 4.90 Å². The minimum atomic E-state index is 0.901. The van der Waals surface area contributed by atoms with Crippen molar-refractivity contribution in [2.24, 2.45) is 0 Å². The van der Waals surface area contributed by atoms with Crippen LogP contribution in [0.3, 0.4) is 0 Å². The molecular weight excluding hydrogens is 254 g/mol. The molecular formula is C20H33N. The lowest BCUT2D eigenvalue weighted by molar-refractivity contribution is 0.0787. The summed E-state index contributed by atoms with van der Waals surface area (Å²) in [5, 5.41) is 0. The summed E-state index contributed by atoms with van der Waals surface area (Å²) in [7, 11) is 0. The number of nitrogens with zero attached hydrogens (tertiary/aromatic N) is 1. The average molecular weight is 287 g/mol. The van der Waals surface area contributed by atoms with Crippen LogP contribution >= 0.6 is 0 Å². The molecule has 3 rings (SSSR count). The van der Waals surface area contributed by atoms with E-state index in [1.165, 1.54) is 56.9 Å². The zero-order chi connectivity index (χ0) is 15.1. The van der Waals surface area contributed by atoms with Gasteiger partial charge in [0.25, 0.3) is 0 Å². The fraction of sp³-hybridized carbons (Fsp3) is 0.700.